The van der Waals surface area contributed by atoms with Gasteiger partial charge in [0.15, 0.2) is 0 Å². The van der Waals surface area contributed by atoms with E-state index in [1.54, 1.807) is 0 Å². The molecule has 0 saturated carbocycles. The second-order valence-corrected chi connectivity index (χ2v) is 3.74. The van der Waals surface area contributed by atoms with Gasteiger partial charge >= 0.3 is 5.43 Å². The van der Waals surface area contributed by atoms with E-state index < -0.39 is 5.43 Å². The number of rotatable bonds is 1. The Morgan fingerprint density at radius 1 is 1.43 bits per heavy atom. The van der Waals surface area contributed by atoms with Gasteiger partial charge < -0.3 is 4.74 Å². The third-order valence-electron chi connectivity index (χ3n) is 2.55. The fraction of sp³-hybridized carbons (Fsp3) is 0.364. The van der Waals surface area contributed by atoms with Crippen molar-refractivity contribution in [3.63, 3.8) is 0 Å². The fourth-order valence-electron chi connectivity index (χ4n) is 1.94. The van der Waals surface area contributed by atoms with E-state index >= 15 is 0 Å². The molecular formula is C11H11ClO2. The van der Waals surface area contributed by atoms with Gasteiger partial charge in [0.25, 0.3) is 0 Å². The van der Waals surface area contributed by atoms with Crippen molar-refractivity contribution in [3.05, 3.63) is 35.4 Å². The van der Waals surface area contributed by atoms with Crippen molar-refractivity contribution in [3.8, 4) is 0 Å². The summed E-state index contributed by atoms with van der Waals surface area (Å²) >= 11 is 5.22. The zero-order valence-electron chi connectivity index (χ0n) is 7.70. The Hall–Kier alpha value is -1.02. The van der Waals surface area contributed by atoms with Crippen LogP contribution in [-0.4, -0.2) is 5.43 Å². The SMILES string of the molecule is O=C(Cl)OC1CCCc2ccccc21. The van der Waals surface area contributed by atoms with Crippen molar-refractivity contribution in [2.45, 2.75) is 25.4 Å². The van der Waals surface area contributed by atoms with Gasteiger partial charge in [-0.15, -0.1) is 0 Å². The van der Waals surface area contributed by atoms with Crippen LogP contribution >= 0.6 is 11.6 Å². The highest BCUT2D eigenvalue weighted by atomic mass is 35.5. The average Bonchev–Trinajstić information content (AvgIpc) is 2.18. The Balaban J connectivity index is 2.26. The van der Waals surface area contributed by atoms with Crippen LogP contribution in [0.1, 0.15) is 30.1 Å². The Kier molecular flexibility index (Phi) is 2.73. The number of ether oxygens (including phenoxy) is 1. The molecule has 1 aromatic rings. The second kappa shape index (κ2) is 4.01. The number of carbonyl (C=O) groups excluding carboxylic acids is 1. The summed E-state index contributed by atoms with van der Waals surface area (Å²) < 4.78 is 5.04. The summed E-state index contributed by atoms with van der Waals surface area (Å²) in [5.41, 5.74) is 1.65. The number of aryl methyl sites for hydroxylation is 1. The van der Waals surface area contributed by atoms with Crippen LogP contribution in [0.2, 0.25) is 0 Å². The Morgan fingerprint density at radius 3 is 3.00 bits per heavy atom. The largest absolute Gasteiger partial charge is 0.445 e. The van der Waals surface area contributed by atoms with Gasteiger partial charge in [-0.3, -0.25) is 0 Å². The Labute approximate surface area is 87.8 Å². The molecule has 0 bridgehead atoms. The molecule has 0 saturated heterocycles. The molecule has 2 nitrogen and oxygen atoms in total. The van der Waals surface area contributed by atoms with Gasteiger partial charge in [-0.1, -0.05) is 24.3 Å². The summed E-state index contributed by atoms with van der Waals surface area (Å²) in [4.78, 5) is 10.7. The highest BCUT2D eigenvalue weighted by Crippen LogP contribution is 2.32. The molecule has 1 aliphatic rings. The number of hydrogen-bond donors (Lipinski definition) is 0. The number of hydrogen-bond acceptors (Lipinski definition) is 2. The van der Waals surface area contributed by atoms with Gasteiger partial charge in [0.1, 0.15) is 6.10 Å². The van der Waals surface area contributed by atoms with Gasteiger partial charge in [0.05, 0.1) is 0 Å². The van der Waals surface area contributed by atoms with Crippen LogP contribution in [0, 0.1) is 0 Å². The number of carbonyl (C=O) groups is 1. The van der Waals surface area contributed by atoms with Gasteiger partial charge in [-0.2, -0.15) is 0 Å². The molecule has 0 spiro atoms. The minimum Gasteiger partial charge on any atom is -0.445 e. The first-order valence-corrected chi connectivity index (χ1v) is 5.09. The van der Waals surface area contributed by atoms with Crippen molar-refractivity contribution in [1.29, 1.82) is 0 Å². The zero-order chi connectivity index (χ0) is 9.97. The maximum atomic E-state index is 10.7. The van der Waals surface area contributed by atoms with Crippen LogP contribution < -0.4 is 0 Å². The molecule has 0 radical (unpaired) electrons. The molecular weight excluding hydrogens is 200 g/mol. The summed E-state index contributed by atoms with van der Waals surface area (Å²) in [6.45, 7) is 0. The smallest absolute Gasteiger partial charge is 0.404 e. The molecule has 1 aliphatic carbocycles. The molecule has 0 aromatic heterocycles. The van der Waals surface area contributed by atoms with Gasteiger partial charge in [-0.05, 0) is 30.4 Å². The standard InChI is InChI=1S/C11H11ClO2/c12-11(13)14-10-7-3-5-8-4-1-2-6-9(8)10/h1-2,4,6,10H,3,5,7H2. The van der Waals surface area contributed by atoms with E-state index in [-0.39, 0.29) is 6.10 Å². The van der Waals surface area contributed by atoms with E-state index in [2.05, 4.69) is 6.07 Å². The lowest BCUT2D eigenvalue weighted by Crippen LogP contribution is -2.13. The quantitative estimate of drug-likeness (QED) is 0.664. The predicted molar refractivity (Wildman–Crippen MR) is 54.5 cm³/mol. The molecule has 2 rings (SSSR count). The summed E-state index contributed by atoms with van der Waals surface area (Å²) in [6, 6.07) is 8.03. The lowest BCUT2D eigenvalue weighted by atomic mass is 9.89. The maximum Gasteiger partial charge on any atom is 0.404 e. The molecule has 0 aliphatic heterocycles. The highest BCUT2D eigenvalue weighted by molar-refractivity contribution is 6.61. The maximum absolute atomic E-state index is 10.7. The third kappa shape index (κ3) is 1.90. The summed E-state index contributed by atoms with van der Waals surface area (Å²) in [7, 11) is 0. The second-order valence-electron chi connectivity index (χ2n) is 3.44. The third-order valence-corrected chi connectivity index (χ3v) is 2.64. The van der Waals surface area contributed by atoms with Crippen LogP contribution in [0.5, 0.6) is 0 Å². The van der Waals surface area contributed by atoms with Crippen molar-refractivity contribution < 1.29 is 9.53 Å². The molecule has 1 unspecified atom stereocenters. The number of benzene rings is 1. The molecule has 0 amide bonds. The first-order chi connectivity index (χ1) is 6.77. The van der Waals surface area contributed by atoms with E-state index in [1.165, 1.54) is 5.56 Å². The minimum absolute atomic E-state index is 0.148. The van der Waals surface area contributed by atoms with Crippen LogP contribution in [0.25, 0.3) is 0 Å². The molecule has 1 atom stereocenters. The molecule has 3 heteroatoms. The summed E-state index contributed by atoms with van der Waals surface area (Å²) in [5.74, 6) is 0. The summed E-state index contributed by atoms with van der Waals surface area (Å²) in [5, 5.41) is 0. The van der Waals surface area contributed by atoms with E-state index in [0.717, 1.165) is 24.8 Å². The van der Waals surface area contributed by atoms with E-state index in [1.807, 2.05) is 18.2 Å². The van der Waals surface area contributed by atoms with Gasteiger partial charge in [-0.25, -0.2) is 4.79 Å². The van der Waals surface area contributed by atoms with Gasteiger partial charge in [0.2, 0.25) is 0 Å². The monoisotopic (exact) mass is 210 g/mol. The van der Waals surface area contributed by atoms with Gasteiger partial charge in [0, 0.05) is 11.6 Å². The fourth-order valence-corrected chi connectivity index (χ4v) is 2.05. The molecule has 14 heavy (non-hydrogen) atoms. The highest BCUT2D eigenvalue weighted by Gasteiger charge is 2.22. The van der Waals surface area contributed by atoms with E-state index in [9.17, 15) is 4.79 Å². The molecule has 1 aromatic carbocycles. The van der Waals surface area contributed by atoms with Crippen LogP contribution in [-0.2, 0) is 11.2 Å². The number of halogens is 1. The lowest BCUT2D eigenvalue weighted by molar-refractivity contribution is 0.110. The van der Waals surface area contributed by atoms with Crippen molar-refractivity contribution in [2.75, 3.05) is 0 Å². The summed E-state index contributed by atoms with van der Waals surface area (Å²) in [6.07, 6.45) is 2.83. The van der Waals surface area contributed by atoms with E-state index in [0.29, 0.717) is 0 Å². The van der Waals surface area contributed by atoms with Crippen LogP contribution in [0.15, 0.2) is 24.3 Å². The first kappa shape index (κ1) is 9.53. The van der Waals surface area contributed by atoms with Crippen LogP contribution in [0.4, 0.5) is 4.79 Å². The first-order valence-electron chi connectivity index (χ1n) is 4.71. The minimum atomic E-state index is -0.716. The normalized spacial score (nSPS) is 19.9. The average molecular weight is 211 g/mol. The lowest BCUT2D eigenvalue weighted by Gasteiger charge is -2.24. The number of fused-ring (bicyclic) bond motifs is 1. The molecule has 0 fully saturated rings. The predicted octanol–water partition coefficient (Wildman–Crippen LogP) is 3.44. The van der Waals surface area contributed by atoms with Crippen molar-refractivity contribution in [1.82, 2.24) is 0 Å². The topological polar surface area (TPSA) is 26.3 Å². The van der Waals surface area contributed by atoms with E-state index in [4.69, 9.17) is 16.3 Å². The zero-order valence-corrected chi connectivity index (χ0v) is 8.46. The Morgan fingerprint density at radius 2 is 2.21 bits per heavy atom. The molecule has 74 valence electrons. The van der Waals surface area contributed by atoms with Crippen LogP contribution in [0.3, 0.4) is 0 Å². The molecule has 0 heterocycles. The van der Waals surface area contributed by atoms with Crippen molar-refractivity contribution >= 4 is 17.0 Å². The van der Waals surface area contributed by atoms with Crippen molar-refractivity contribution in [2.24, 2.45) is 0 Å². The Bertz CT molecular complexity index is 349. The molecule has 0 N–H and O–H groups in total.